The van der Waals surface area contributed by atoms with Gasteiger partial charge in [-0.3, -0.25) is 4.68 Å². The van der Waals surface area contributed by atoms with Crippen LogP contribution in [0.15, 0.2) is 28.9 Å². The molecule has 2 aromatic heterocycles. The van der Waals surface area contributed by atoms with E-state index in [-0.39, 0.29) is 18.6 Å². The second-order valence-electron chi connectivity index (χ2n) is 5.68. The van der Waals surface area contributed by atoms with Crippen molar-refractivity contribution < 1.29 is 14.3 Å². The van der Waals surface area contributed by atoms with Gasteiger partial charge in [0.25, 0.3) is 0 Å². The minimum Gasteiger partial charge on any atom is -0.463 e. The lowest BCUT2D eigenvalue weighted by Gasteiger charge is -2.22. The van der Waals surface area contributed by atoms with Gasteiger partial charge in [0, 0.05) is 18.8 Å². The molecular weight excluding hydrogens is 284 g/mol. The number of amides is 2. The van der Waals surface area contributed by atoms with Gasteiger partial charge in [-0.15, -0.1) is 0 Å². The summed E-state index contributed by atoms with van der Waals surface area (Å²) in [5.74, 6) is 1.13. The Bertz CT molecular complexity index is 645. The van der Waals surface area contributed by atoms with Crippen LogP contribution in [0, 0.1) is 6.92 Å². The van der Waals surface area contributed by atoms with E-state index in [0.717, 1.165) is 5.56 Å². The van der Waals surface area contributed by atoms with E-state index in [1.54, 1.807) is 36.9 Å². The fourth-order valence-corrected chi connectivity index (χ4v) is 2.06. The number of furan rings is 1. The lowest BCUT2D eigenvalue weighted by Crippen LogP contribution is -2.44. The molecule has 2 amide bonds. The maximum absolute atomic E-state index is 11.9. The third-order valence-corrected chi connectivity index (χ3v) is 3.44. The van der Waals surface area contributed by atoms with Gasteiger partial charge in [-0.05, 0) is 32.9 Å². The van der Waals surface area contributed by atoms with Crippen molar-refractivity contribution >= 4 is 6.03 Å². The summed E-state index contributed by atoms with van der Waals surface area (Å²) >= 11 is 0. The first-order valence-corrected chi connectivity index (χ1v) is 7.10. The predicted molar refractivity (Wildman–Crippen MR) is 81.2 cm³/mol. The summed E-state index contributed by atoms with van der Waals surface area (Å²) in [4.78, 5) is 11.9. The second-order valence-corrected chi connectivity index (χ2v) is 5.68. The van der Waals surface area contributed by atoms with Crippen LogP contribution in [0.2, 0.25) is 0 Å². The predicted octanol–water partition coefficient (Wildman–Crippen LogP) is 1.59. The van der Waals surface area contributed by atoms with Gasteiger partial charge < -0.3 is 20.2 Å². The normalized spacial score (nSPS) is 15.1. The number of aryl methyl sites for hydroxylation is 2. The van der Waals surface area contributed by atoms with Crippen LogP contribution in [-0.4, -0.2) is 27.5 Å². The maximum atomic E-state index is 11.9. The summed E-state index contributed by atoms with van der Waals surface area (Å²) in [6.07, 6.45) is 3.54. The molecule has 2 rings (SSSR count). The van der Waals surface area contributed by atoms with Crippen LogP contribution >= 0.6 is 0 Å². The average Bonchev–Trinajstić information content (AvgIpc) is 3.05. The van der Waals surface area contributed by atoms with Crippen molar-refractivity contribution in [2.45, 2.75) is 32.4 Å². The van der Waals surface area contributed by atoms with Crippen LogP contribution in [0.1, 0.15) is 37.0 Å². The molecule has 2 aromatic rings. The molecule has 0 aliphatic rings. The molecular formula is C15H22N4O3. The van der Waals surface area contributed by atoms with Crippen molar-refractivity contribution in [1.82, 2.24) is 20.4 Å². The third kappa shape index (κ3) is 3.88. The zero-order chi connectivity index (χ0) is 16.3. The molecule has 2 heterocycles. The molecule has 0 aromatic carbocycles. The highest BCUT2D eigenvalue weighted by atomic mass is 16.4. The number of carbonyl (C=O) groups excluding carboxylic acids is 1. The van der Waals surface area contributed by atoms with Gasteiger partial charge in [-0.25, -0.2) is 4.79 Å². The Morgan fingerprint density at radius 1 is 1.55 bits per heavy atom. The summed E-state index contributed by atoms with van der Waals surface area (Å²) in [6, 6.07) is 2.94. The molecule has 0 radical (unpaired) electrons. The summed E-state index contributed by atoms with van der Waals surface area (Å²) in [5, 5.41) is 19.9. The van der Waals surface area contributed by atoms with E-state index >= 15 is 0 Å². The van der Waals surface area contributed by atoms with Crippen molar-refractivity contribution in [1.29, 1.82) is 0 Å². The Labute approximate surface area is 129 Å². The highest BCUT2D eigenvalue weighted by Crippen LogP contribution is 2.21. The van der Waals surface area contributed by atoms with Crippen LogP contribution in [0.4, 0.5) is 4.79 Å². The molecule has 0 spiro atoms. The van der Waals surface area contributed by atoms with E-state index in [1.165, 1.54) is 0 Å². The number of aromatic nitrogens is 2. The number of nitrogens with zero attached hydrogens (tertiary/aromatic N) is 2. The standard InChI is InChI=1S/C15H22N4O3/c1-10-5-6-13(22-10)15(3,21)9-16-14(20)18-11(2)12-7-17-19(4)8-12/h5-8,11,21H,9H2,1-4H3,(H2,16,18,20). The first-order chi connectivity index (χ1) is 10.3. The number of hydrogen-bond donors (Lipinski definition) is 3. The molecule has 0 aliphatic carbocycles. The zero-order valence-electron chi connectivity index (χ0n) is 13.3. The quantitative estimate of drug-likeness (QED) is 0.782. The fraction of sp³-hybridized carbons (Fsp3) is 0.467. The number of urea groups is 1. The largest absolute Gasteiger partial charge is 0.463 e. The molecule has 2 unspecified atom stereocenters. The van der Waals surface area contributed by atoms with E-state index in [9.17, 15) is 9.90 Å². The second kappa shape index (κ2) is 6.23. The Morgan fingerprint density at radius 2 is 2.27 bits per heavy atom. The summed E-state index contributed by atoms with van der Waals surface area (Å²) in [5.41, 5.74) is -0.352. The molecule has 0 aliphatic heterocycles. The Hall–Kier alpha value is -2.28. The Balaban J connectivity index is 1.87. The van der Waals surface area contributed by atoms with Crippen LogP contribution in [-0.2, 0) is 12.6 Å². The van der Waals surface area contributed by atoms with Gasteiger partial charge in [0.2, 0.25) is 0 Å². The molecule has 3 N–H and O–H groups in total. The number of hydrogen-bond acceptors (Lipinski definition) is 4. The zero-order valence-corrected chi connectivity index (χ0v) is 13.3. The van der Waals surface area contributed by atoms with E-state index in [0.29, 0.717) is 11.5 Å². The molecule has 2 atom stereocenters. The minimum atomic E-state index is -1.26. The monoisotopic (exact) mass is 306 g/mol. The lowest BCUT2D eigenvalue weighted by molar-refractivity contribution is 0.0359. The summed E-state index contributed by atoms with van der Waals surface area (Å²) in [6.45, 7) is 5.31. The minimum absolute atomic E-state index is 0.0472. The lowest BCUT2D eigenvalue weighted by atomic mass is 10.0. The Morgan fingerprint density at radius 3 is 2.82 bits per heavy atom. The molecule has 0 saturated heterocycles. The highest BCUT2D eigenvalue weighted by Gasteiger charge is 2.27. The number of rotatable bonds is 5. The van der Waals surface area contributed by atoms with Crippen molar-refractivity contribution in [3.8, 4) is 0 Å². The third-order valence-electron chi connectivity index (χ3n) is 3.44. The smallest absolute Gasteiger partial charge is 0.315 e. The molecule has 7 nitrogen and oxygen atoms in total. The average molecular weight is 306 g/mol. The fourth-order valence-electron chi connectivity index (χ4n) is 2.06. The van der Waals surface area contributed by atoms with Gasteiger partial charge in [0.1, 0.15) is 17.1 Å². The van der Waals surface area contributed by atoms with Crippen molar-refractivity contribution in [2.24, 2.45) is 7.05 Å². The molecule has 0 fully saturated rings. The number of aliphatic hydroxyl groups is 1. The van der Waals surface area contributed by atoms with Crippen LogP contribution < -0.4 is 10.6 Å². The van der Waals surface area contributed by atoms with Gasteiger partial charge in [-0.2, -0.15) is 5.10 Å². The maximum Gasteiger partial charge on any atom is 0.315 e. The Kier molecular flexibility index (Phi) is 4.56. The van der Waals surface area contributed by atoms with Crippen molar-refractivity contribution in [3.05, 3.63) is 41.6 Å². The van der Waals surface area contributed by atoms with Crippen molar-refractivity contribution in [2.75, 3.05) is 6.54 Å². The molecule has 7 heteroatoms. The van der Waals surface area contributed by atoms with Crippen LogP contribution in [0.25, 0.3) is 0 Å². The summed E-state index contributed by atoms with van der Waals surface area (Å²) in [7, 11) is 1.82. The molecule has 0 saturated carbocycles. The van der Waals surface area contributed by atoms with Gasteiger partial charge in [0.05, 0.1) is 18.8 Å². The SMILES string of the molecule is Cc1ccc(C(C)(O)CNC(=O)NC(C)c2cnn(C)c2)o1. The first kappa shape index (κ1) is 16.1. The first-order valence-electron chi connectivity index (χ1n) is 7.10. The molecule has 22 heavy (non-hydrogen) atoms. The van der Waals surface area contributed by atoms with E-state index in [1.807, 2.05) is 20.2 Å². The van der Waals surface area contributed by atoms with Crippen LogP contribution in [0.3, 0.4) is 0 Å². The summed E-state index contributed by atoms with van der Waals surface area (Å²) < 4.78 is 7.08. The van der Waals surface area contributed by atoms with Crippen molar-refractivity contribution in [3.63, 3.8) is 0 Å². The number of carbonyl (C=O) groups is 1. The van der Waals surface area contributed by atoms with E-state index < -0.39 is 5.60 Å². The highest BCUT2D eigenvalue weighted by molar-refractivity contribution is 5.74. The molecule has 0 bridgehead atoms. The number of nitrogens with one attached hydrogen (secondary N) is 2. The van der Waals surface area contributed by atoms with Gasteiger partial charge in [-0.1, -0.05) is 0 Å². The van der Waals surface area contributed by atoms with Crippen LogP contribution in [0.5, 0.6) is 0 Å². The molecule has 120 valence electrons. The topological polar surface area (TPSA) is 92.3 Å². The van der Waals surface area contributed by atoms with Gasteiger partial charge in [0.15, 0.2) is 0 Å². The van der Waals surface area contributed by atoms with E-state index in [2.05, 4.69) is 15.7 Å². The van der Waals surface area contributed by atoms with Gasteiger partial charge >= 0.3 is 6.03 Å². The van der Waals surface area contributed by atoms with E-state index in [4.69, 9.17) is 4.42 Å².